The van der Waals surface area contributed by atoms with Crippen LogP contribution in [-0.4, -0.2) is 33.9 Å². The SMILES string of the molecule is COc1ccc(-c2noc(CSc3nc4ccccc4c(=O)n3C(C)C)n2)cc1OC. The predicted molar refractivity (Wildman–Crippen MR) is 119 cm³/mol. The quantitative estimate of drug-likeness (QED) is 0.311. The van der Waals surface area contributed by atoms with Gasteiger partial charge >= 0.3 is 0 Å². The Morgan fingerprint density at radius 2 is 1.84 bits per heavy atom. The van der Waals surface area contributed by atoms with E-state index in [4.69, 9.17) is 14.0 Å². The number of benzene rings is 2. The molecule has 0 fully saturated rings. The summed E-state index contributed by atoms with van der Waals surface area (Å²) in [7, 11) is 3.16. The largest absolute Gasteiger partial charge is 0.493 e. The van der Waals surface area contributed by atoms with E-state index in [0.717, 1.165) is 5.56 Å². The lowest BCUT2D eigenvalue weighted by atomic mass is 10.2. The molecule has 9 heteroatoms. The summed E-state index contributed by atoms with van der Waals surface area (Å²) in [5.74, 6) is 2.48. The number of aromatic nitrogens is 4. The van der Waals surface area contributed by atoms with E-state index >= 15 is 0 Å². The summed E-state index contributed by atoms with van der Waals surface area (Å²) in [6.45, 7) is 3.92. The molecule has 8 nitrogen and oxygen atoms in total. The third-order valence-corrected chi connectivity index (χ3v) is 5.66. The number of para-hydroxylation sites is 1. The maximum Gasteiger partial charge on any atom is 0.262 e. The lowest BCUT2D eigenvalue weighted by Gasteiger charge is -2.15. The van der Waals surface area contributed by atoms with Crippen LogP contribution >= 0.6 is 11.8 Å². The van der Waals surface area contributed by atoms with Gasteiger partial charge in [-0.3, -0.25) is 9.36 Å². The fraction of sp³-hybridized carbons (Fsp3) is 0.273. The van der Waals surface area contributed by atoms with Crippen molar-refractivity contribution in [1.29, 1.82) is 0 Å². The summed E-state index contributed by atoms with van der Waals surface area (Å²) in [5, 5.41) is 5.29. The minimum absolute atomic E-state index is 0.0304. The molecule has 0 spiro atoms. The summed E-state index contributed by atoms with van der Waals surface area (Å²) in [5.41, 5.74) is 1.36. The number of hydrogen-bond donors (Lipinski definition) is 0. The van der Waals surface area contributed by atoms with Gasteiger partial charge in [-0.2, -0.15) is 4.98 Å². The Balaban J connectivity index is 1.60. The van der Waals surface area contributed by atoms with Crippen molar-refractivity contribution in [3.8, 4) is 22.9 Å². The molecule has 2 aromatic heterocycles. The molecular formula is C22H22N4O4S. The average Bonchev–Trinajstić information content (AvgIpc) is 3.26. The van der Waals surface area contributed by atoms with Crippen molar-refractivity contribution in [1.82, 2.24) is 19.7 Å². The van der Waals surface area contributed by atoms with Crippen LogP contribution in [0.2, 0.25) is 0 Å². The van der Waals surface area contributed by atoms with E-state index in [1.54, 1.807) is 37.0 Å². The normalized spacial score (nSPS) is 11.3. The number of nitrogens with zero attached hydrogens (tertiary/aromatic N) is 4. The predicted octanol–water partition coefficient (Wildman–Crippen LogP) is 4.34. The molecule has 0 saturated carbocycles. The van der Waals surface area contributed by atoms with Crippen LogP contribution in [0, 0.1) is 0 Å². The van der Waals surface area contributed by atoms with Crippen LogP contribution in [0.15, 0.2) is 56.9 Å². The first kappa shape index (κ1) is 20.9. The third kappa shape index (κ3) is 4.13. The molecule has 0 aliphatic heterocycles. The number of hydrogen-bond acceptors (Lipinski definition) is 8. The maximum atomic E-state index is 12.9. The zero-order valence-electron chi connectivity index (χ0n) is 17.7. The van der Waals surface area contributed by atoms with Crippen LogP contribution in [0.3, 0.4) is 0 Å². The van der Waals surface area contributed by atoms with E-state index in [-0.39, 0.29) is 11.6 Å². The van der Waals surface area contributed by atoms with E-state index in [1.165, 1.54) is 11.8 Å². The van der Waals surface area contributed by atoms with Gasteiger partial charge in [0.15, 0.2) is 16.7 Å². The van der Waals surface area contributed by atoms with Gasteiger partial charge in [-0.1, -0.05) is 29.1 Å². The van der Waals surface area contributed by atoms with Crippen molar-refractivity contribution in [3.63, 3.8) is 0 Å². The van der Waals surface area contributed by atoms with Crippen molar-refractivity contribution < 1.29 is 14.0 Å². The van der Waals surface area contributed by atoms with Crippen LogP contribution in [0.4, 0.5) is 0 Å². The lowest BCUT2D eigenvalue weighted by Crippen LogP contribution is -2.25. The summed E-state index contributed by atoms with van der Waals surface area (Å²) in [6.07, 6.45) is 0. The number of ether oxygens (including phenoxy) is 2. The molecule has 0 aliphatic carbocycles. The van der Waals surface area contributed by atoms with E-state index in [9.17, 15) is 4.79 Å². The molecular weight excluding hydrogens is 416 g/mol. The zero-order chi connectivity index (χ0) is 22.0. The molecule has 0 aliphatic rings. The first-order chi connectivity index (χ1) is 15.0. The zero-order valence-corrected chi connectivity index (χ0v) is 18.5. The Hall–Kier alpha value is -3.33. The van der Waals surface area contributed by atoms with Crippen molar-refractivity contribution >= 4 is 22.7 Å². The molecule has 0 radical (unpaired) electrons. The van der Waals surface area contributed by atoms with Gasteiger partial charge in [-0.05, 0) is 44.2 Å². The van der Waals surface area contributed by atoms with Crippen LogP contribution < -0.4 is 15.0 Å². The highest BCUT2D eigenvalue weighted by atomic mass is 32.2. The van der Waals surface area contributed by atoms with Gasteiger partial charge in [0.05, 0.1) is 30.9 Å². The highest BCUT2D eigenvalue weighted by Gasteiger charge is 2.16. The Bertz CT molecular complexity index is 1280. The van der Waals surface area contributed by atoms with Gasteiger partial charge in [0.1, 0.15) is 0 Å². The second-order valence-electron chi connectivity index (χ2n) is 7.05. The maximum absolute atomic E-state index is 12.9. The van der Waals surface area contributed by atoms with Crippen LogP contribution in [0.1, 0.15) is 25.8 Å². The van der Waals surface area contributed by atoms with Gasteiger partial charge in [-0.15, -0.1) is 0 Å². The van der Waals surface area contributed by atoms with Crippen molar-refractivity contribution in [3.05, 3.63) is 58.7 Å². The molecule has 0 atom stereocenters. The van der Waals surface area contributed by atoms with E-state index in [2.05, 4.69) is 15.1 Å². The van der Waals surface area contributed by atoms with E-state index in [0.29, 0.717) is 45.0 Å². The van der Waals surface area contributed by atoms with Crippen molar-refractivity contribution in [2.75, 3.05) is 14.2 Å². The number of rotatable bonds is 7. The molecule has 2 heterocycles. The van der Waals surface area contributed by atoms with E-state index in [1.807, 2.05) is 38.1 Å². The Kier molecular flexibility index (Phi) is 5.94. The topological polar surface area (TPSA) is 92.3 Å². The van der Waals surface area contributed by atoms with Crippen LogP contribution in [0.5, 0.6) is 11.5 Å². The Morgan fingerprint density at radius 1 is 1.06 bits per heavy atom. The molecule has 31 heavy (non-hydrogen) atoms. The molecule has 160 valence electrons. The highest BCUT2D eigenvalue weighted by molar-refractivity contribution is 7.98. The molecule has 0 saturated heterocycles. The lowest BCUT2D eigenvalue weighted by molar-refractivity contribution is 0.355. The van der Waals surface area contributed by atoms with Gasteiger partial charge in [0.2, 0.25) is 11.7 Å². The molecule has 0 N–H and O–H groups in total. The summed E-state index contributed by atoms with van der Waals surface area (Å²) in [6, 6.07) is 12.7. The third-order valence-electron chi connectivity index (χ3n) is 4.73. The highest BCUT2D eigenvalue weighted by Crippen LogP contribution is 2.31. The summed E-state index contributed by atoms with van der Waals surface area (Å²) in [4.78, 5) is 22.1. The molecule has 2 aromatic carbocycles. The summed E-state index contributed by atoms with van der Waals surface area (Å²) < 4.78 is 17.7. The van der Waals surface area contributed by atoms with Gasteiger partial charge in [0, 0.05) is 11.6 Å². The Labute approximate surface area is 183 Å². The Morgan fingerprint density at radius 3 is 2.58 bits per heavy atom. The smallest absolute Gasteiger partial charge is 0.262 e. The van der Waals surface area contributed by atoms with Crippen molar-refractivity contribution in [2.24, 2.45) is 0 Å². The van der Waals surface area contributed by atoms with Gasteiger partial charge in [-0.25, -0.2) is 4.98 Å². The molecule has 0 unspecified atom stereocenters. The molecule has 4 rings (SSSR count). The average molecular weight is 439 g/mol. The summed E-state index contributed by atoms with van der Waals surface area (Å²) >= 11 is 1.39. The first-order valence-corrected chi connectivity index (χ1v) is 10.7. The standard InChI is InChI=1S/C22H22N4O4S/c1-13(2)26-21(27)15-7-5-6-8-16(15)23-22(26)31-12-19-24-20(25-30-19)14-9-10-17(28-3)18(11-14)29-4/h5-11,13H,12H2,1-4H3. The molecule has 0 bridgehead atoms. The van der Waals surface area contributed by atoms with Crippen molar-refractivity contribution in [2.45, 2.75) is 30.8 Å². The van der Waals surface area contributed by atoms with E-state index < -0.39 is 0 Å². The number of fused-ring (bicyclic) bond motifs is 1. The second kappa shape index (κ2) is 8.81. The minimum Gasteiger partial charge on any atom is -0.493 e. The van der Waals surface area contributed by atoms with Gasteiger partial charge in [0.25, 0.3) is 5.56 Å². The van der Waals surface area contributed by atoms with Crippen LogP contribution in [-0.2, 0) is 5.75 Å². The van der Waals surface area contributed by atoms with Crippen LogP contribution in [0.25, 0.3) is 22.3 Å². The monoisotopic (exact) mass is 438 g/mol. The number of thioether (sulfide) groups is 1. The fourth-order valence-electron chi connectivity index (χ4n) is 3.22. The van der Waals surface area contributed by atoms with Gasteiger partial charge < -0.3 is 14.0 Å². The minimum atomic E-state index is -0.0559. The number of methoxy groups -OCH3 is 2. The first-order valence-electron chi connectivity index (χ1n) is 9.71. The molecule has 4 aromatic rings. The fourth-order valence-corrected chi connectivity index (χ4v) is 4.18. The molecule has 0 amide bonds. The second-order valence-corrected chi connectivity index (χ2v) is 7.99.